The van der Waals surface area contributed by atoms with Crippen LogP contribution in [0.2, 0.25) is 0 Å². The lowest BCUT2D eigenvalue weighted by molar-refractivity contribution is -0.116. The Bertz CT molecular complexity index is 401. The molecular formula is C14H17NO. The van der Waals surface area contributed by atoms with Crippen LogP contribution in [0.25, 0.3) is 11.6 Å². The fraction of sp³-hybridized carbons (Fsp3) is 0.214. The van der Waals surface area contributed by atoms with Gasteiger partial charge in [0.05, 0.1) is 0 Å². The minimum atomic E-state index is -0.124. The van der Waals surface area contributed by atoms with Gasteiger partial charge in [0, 0.05) is 11.6 Å². The maximum atomic E-state index is 11.7. The number of amides is 1. The molecule has 0 saturated heterocycles. The molecule has 1 aromatic carbocycles. The number of rotatable bonds is 4. The number of hydrogen-bond acceptors (Lipinski definition) is 1. The molecule has 0 unspecified atom stereocenters. The first-order valence-corrected chi connectivity index (χ1v) is 5.27. The molecule has 0 aliphatic carbocycles. The van der Waals surface area contributed by atoms with Crippen LogP contribution in [0.1, 0.15) is 25.0 Å². The summed E-state index contributed by atoms with van der Waals surface area (Å²) in [7, 11) is 0. The largest absolute Gasteiger partial charge is 0.350 e. The molecule has 0 aliphatic rings. The SMILES string of the molecule is C=Cc1ccc(C(=C)C(=O)NC(C)C)cc1. The summed E-state index contributed by atoms with van der Waals surface area (Å²) in [6.45, 7) is 11.3. The minimum Gasteiger partial charge on any atom is -0.350 e. The Morgan fingerprint density at radius 2 is 1.88 bits per heavy atom. The standard InChI is InChI=1S/C14H17NO/c1-5-12-6-8-13(9-7-12)11(4)14(16)15-10(2)3/h5-10H,1,4H2,2-3H3,(H,15,16). The third-order valence-electron chi connectivity index (χ3n) is 2.19. The van der Waals surface area contributed by atoms with Gasteiger partial charge in [-0.1, -0.05) is 43.5 Å². The maximum Gasteiger partial charge on any atom is 0.251 e. The molecular weight excluding hydrogens is 198 g/mol. The smallest absolute Gasteiger partial charge is 0.251 e. The molecule has 0 atom stereocenters. The van der Waals surface area contributed by atoms with E-state index in [0.29, 0.717) is 5.57 Å². The molecule has 2 heteroatoms. The fourth-order valence-corrected chi connectivity index (χ4v) is 1.30. The van der Waals surface area contributed by atoms with Crippen molar-refractivity contribution in [3.05, 3.63) is 48.6 Å². The Hall–Kier alpha value is -1.83. The van der Waals surface area contributed by atoms with Crippen LogP contribution in [0.3, 0.4) is 0 Å². The van der Waals surface area contributed by atoms with E-state index in [9.17, 15) is 4.79 Å². The van der Waals surface area contributed by atoms with Gasteiger partial charge in [-0.15, -0.1) is 0 Å². The van der Waals surface area contributed by atoms with Crippen LogP contribution >= 0.6 is 0 Å². The summed E-state index contributed by atoms with van der Waals surface area (Å²) in [6, 6.07) is 7.70. The van der Waals surface area contributed by atoms with E-state index in [-0.39, 0.29) is 11.9 Å². The van der Waals surface area contributed by atoms with Crippen LogP contribution < -0.4 is 5.32 Å². The van der Waals surface area contributed by atoms with Crippen molar-refractivity contribution in [3.8, 4) is 0 Å². The lowest BCUT2D eigenvalue weighted by Crippen LogP contribution is -2.30. The molecule has 0 bridgehead atoms. The number of carbonyl (C=O) groups excluding carboxylic acids is 1. The molecule has 16 heavy (non-hydrogen) atoms. The van der Waals surface area contributed by atoms with Gasteiger partial charge in [0.25, 0.3) is 5.91 Å². The van der Waals surface area contributed by atoms with Gasteiger partial charge in [-0.25, -0.2) is 0 Å². The van der Waals surface area contributed by atoms with Crippen molar-refractivity contribution in [1.82, 2.24) is 5.32 Å². The molecule has 84 valence electrons. The van der Waals surface area contributed by atoms with E-state index in [0.717, 1.165) is 11.1 Å². The van der Waals surface area contributed by atoms with Gasteiger partial charge in [0.2, 0.25) is 0 Å². The molecule has 0 aliphatic heterocycles. The molecule has 0 spiro atoms. The first-order chi connectivity index (χ1) is 7.54. The highest BCUT2D eigenvalue weighted by Crippen LogP contribution is 2.14. The van der Waals surface area contributed by atoms with Crippen molar-refractivity contribution in [2.24, 2.45) is 0 Å². The van der Waals surface area contributed by atoms with Crippen molar-refractivity contribution < 1.29 is 4.79 Å². The van der Waals surface area contributed by atoms with E-state index in [1.165, 1.54) is 0 Å². The molecule has 0 fully saturated rings. The highest BCUT2D eigenvalue weighted by atomic mass is 16.1. The van der Waals surface area contributed by atoms with Crippen LogP contribution in [0.15, 0.2) is 37.4 Å². The molecule has 0 radical (unpaired) electrons. The number of carbonyl (C=O) groups is 1. The summed E-state index contributed by atoms with van der Waals surface area (Å²) >= 11 is 0. The van der Waals surface area contributed by atoms with Crippen molar-refractivity contribution in [1.29, 1.82) is 0 Å². The quantitative estimate of drug-likeness (QED) is 0.769. The Balaban J connectivity index is 2.80. The van der Waals surface area contributed by atoms with Crippen molar-refractivity contribution >= 4 is 17.6 Å². The molecule has 0 saturated carbocycles. The average Bonchev–Trinajstić information content (AvgIpc) is 2.27. The fourth-order valence-electron chi connectivity index (χ4n) is 1.30. The van der Waals surface area contributed by atoms with Gasteiger partial charge in [0.15, 0.2) is 0 Å². The van der Waals surface area contributed by atoms with Gasteiger partial charge >= 0.3 is 0 Å². The summed E-state index contributed by atoms with van der Waals surface area (Å²) in [5.41, 5.74) is 2.36. The first-order valence-electron chi connectivity index (χ1n) is 5.27. The number of benzene rings is 1. The maximum absolute atomic E-state index is 11.7. The monoisotopic (exact) mass is 215 g/mol. The molecule has 0 aromatic heterocycles. The third kappa shape index (κ3) is 3.09. The Morgan fingerprint density at radius 1 is 1.31 bits per heavy atom. The van der Waals surface area contributed by atoms with Crippen LogP contribution in [0.4, 0.5) is 0 Å². The van der Waals surface area contributed by atoms with Gasteiger partial charge < -0.3 is 5.32 Å². The van der Waals surface area contributed by atoms with Crippen LogP contribution in [0.5, 0.6) is 0 Å². The summed E-state index contributed by atoms with van der Waals surface area (Å²) in [5, 5.41) is 2.81. The predicted octanol–water partition coefficient (Wildman–Crippen LogP) is 2.87. The average molecular weight is 215 g/mol. The third-order valence-corrected chi connectivity index (χ3v) is 2.19. The van der Waals surface area contributed by atoms with E-state index < -0.39 is 0 Å². The van der Waals surface area contributed by atoms with Crippen LogP contribution in [0, 0.1) is 0 Å². The van der Waals surface area contributed by atoms with E-state index in [4.69, 9.17) is 0 Å². The molecule has 1 aromatic rings. The Kier molecular flexibility index (Phi) is 4.06. The molecule has 0 heterocycles. The molecule has 1 amide bonds. The second-order valence-electron chi connectivity index (χ2n) is 3.93. The lowest BCUT2D eigenvalue weighted by Gasteiger charge is -2.10. The summed E-state index contributed by atoms with van der Waals surface area (Å²) in [5.74, 6) is -0.124. The van der Waals surface area contributed by atoms with Crippen molar-refractivity contribution in [2.75, 3.05) is 0 Å². The van der Waals surface area contributed by atoms with Gasteiger partial charge in [-0.05, 0) is 25.0 Å². The van der Waals surface area contributed by atoms with E-state index in [1.807, 2.05) is 38.1 Å². The lowest BCUT2D eigenvalue weighted by atomic mass is 10.0. The minimum absolute atomic E-state index is 0.122. The molecule has 1 rings (SSSR count). The van der Waals surface area contributed by atoms with Gasteiger partial charge in [-0.2, -0.15) is 0 Å². The number of nitrogens with one attached hydrogen (secondary N) is 1. The van der Waals surface area contributed by atoms with Crippen molar-refractivity contribution in [3.63, 3.8) is 0 Å². The van der Waals surface area contributed by atoms with Crippen molar-refractivity contribution in [2.45, 2.75) is 19.9 Å². The zero-order valence-electron chi connectivity index (χ0n) is 9.79. The molecule has 1 N–H and O–H groups in total. The Labute approximate surface area is 96.7 Å². The number of hydrogen-bond donors (Lipinski definition) is 1. The summed E-state index contributed by atoms with van der Waals surface area (Å²) < 4.78 is 0. The Morgan fingerprint density at radius 3 is 2.31 bits per heavy atom. The van der Waals surface area contributed by atoms with Crippen LogP contribution in [-0.2, 0) is 4.79 Å². The second-order valence-corrected chi connectivity index (χ2v) is 3.93. The first kappa shape index (κ1) is 12.2. The zero-order chi connectivity index (χ0) is 12.1. The molecule has 2 nitrogen and oxygen atoms in total. The summed E-state index contributed by atoms with van der Waals surface area (Å²) in [6.07, 6.45) is 1.76. The highest BCUT2D eigenvalue weighted by molar-refractivity contribution is 6.18. The van der Waals surface area contributed by atoms with E-state index >= 15 is 0 Å². The topological polar surface area (TPSA) is 29.1 Å². The highest BCUT2D eigenvalue weighted by Gasteiger charge is 2.09. The van der Waals surface area contributed by atoms with Gasteiger partial charge in [-0.3, -0.25) is 4.79 Å². The zero-order valence-corrected chi connectivity index (χ0v) is 9.79. The van der Waals surface area contributed by atoms with E-state index in [1.54, 1.807) is 6.08 Å². The summed E-state index contributed by atoms with van der Waals surface area (Å²) in [4.78, 5) is 11.7. The van der Waals surface area contributed by atoms with Crippen LogP contribution in [-0.4, -0.2) is 11.9 Å². The predicted molar refractivity (Wildman–Crippen MR) is 68.8 cm³/mol. The van der Waals surface area contributed by atoms with E-state index in [2.05, 4.69) is 18.5 Å². The normalized spacial score (nSPS) is 9.94. The second kappa shape index (κ2) is 5.31. The van der Waals surface area contributed by atoms with Gasteiger partial charge in [0.1, 0.15) is 0 Å².